The molecule has 1 heterocycles. The van der Waals surface area contributed by atoms with E-state index in [2.05, 4.69) is 17.6 Å². The molecule has 1 aromatic heterocycles. The van der Waals surface area contributed by atoms with Crippen molar-refractivity contribution in [2.45, 2.75) is 32.7 Å². The number of nitrogens with two attached hydrogens (primary N) is 1. The number of rotatable bonds is 9. The fourth-order valence-corrected chi connectivity index (χ4v) is 2.95. The number of hydrogen-bond donors (Lipinski definition) is 3. The highest BCUT2D eigenvalue weighted by Gasteiger charge is 2.23. The molecular weight excluding hydrogens is 290 g/mol. The van der Waals surface area contributed by atoms with E-state index >= 15 is 0 Å². The van der Waals surface area contributed by atoms with Gasteiger partial charge in [-0.2, -0.15) is 0 Å². The zero-order valence-electron chi connectivity index (χ0n) is 13.1. The second-order valence-electron chi connectivity index (χ2n) is 4.67. The van der Waals surface area contributed by atoms with Crippen LogP contribution in [0.2, 0.25) is 0 Å². The summed E-state index contributed by atoms with van der Waals surface area (Å²) in [5.74, 6) is 0.363. The second kappa shape index (κ2) is 8.74. The molecule has 0 saturated heterocycles. The second-order valence-corrected chi connectivity index (χ2v) is 5.69. The van der Waals surface area contributed by atoms with Gasteiger partial charge >= 0.3 is 0 Å². The van der Waals surface area contributed by atoms with Gasteiger partial charge in [-0.3, -0.25) is 4.79 Å². The summed E-state index contributed by atoms with van der Waals surface area (Å²) in [6.07, 6.45) is 1.77. The molecule has 0 saturated carbocycles. The average molecular weight is 315 g/mol. The van der Waals surface area contributed by atoms with E-state index in [9.17, 15) is 4.79 Å². The zero-order valence-corrected chi connectivity index (χ0v) is 13.9. The quantitative estimate of drug-likeness (QED) is 0.651. The molecule has 0 aromatic carbocycles. The molecule has 0 aliphatic heterocycles. The van der Waals surface area contributed by atoms with Gasteiger partial charge in [0.2, 0.25) is 0 Å². The highest BCUT2D eigenvalue weighted by molar-refractivity contribution is 7.19. The molecule has 1 atom stereocenters. The molecular formula is C14H25N3O3S. The van der Waals surface area contributed by atoms with Crippen LogP contribution in [0.5, 0.6) is 5.75 Å². The van der Waals surface area contributed by atoms with Crippen molar-refractivity contribution in [1.29, 1.82) is 0 Å². The summed E-state index contributed by atoms with van der Waals surface area (Å²) in [7, 11) is 3.21. The van der Waals surface area contributed by atoms with E-state index < -0.39 is 0 Å². The fourth-order valence-electron chi connectivity index (χ4n) is 1.86. The van der Waals surface area contributed by atoms with Crippen molar-refractivity contribution >= 4 is 27.9 Å². The van der Waals surface area contributed by atoms with Gasteiger partial charge in [0, 0.05) is 13.7 Å². The Balaban J connectivity index is 2.96. The van der Waals surface area contributed by atoms with E-state index in [-0.39, 0.29) is 11.9 Å². The topological polar surface area (TPSA) is 85.6 Å². The highest BCUT2D eigenvalue weighted by atomic mass is 32.1. The summed E-state index contributed by atoms with van der Waals surface area (Å²) in [5, 5.41) is 6.92. The largest absolute Gasteiger partial charge is 0.492 e. The molecule has 4 N–H and O–H groups in total. The lowest BCUT2D eigenvalue weighted by atomic mass is 10.2. The molecule has 7 heteroatoms. The van der Waals surface area contributed by atoms with Gasteiger partial charge in [-0.05, 0) is 12.8 Å². The Morgan fingerprint density at radius 3 is 2.62 bits per heavy atom. The van der Waals surface area contributed by atoms with Gasteiger partial charge in [0.25, 0.3) is 5.91 Å². The predicted molar refractivity (Wildman–Crippen MR) is 87.5 cm³/mol. The molecule has 0 bridgehead atoms. The monoisotopic (exact) mass is 315 g/mol. The Kier molecular flexibility index (Phi) is 7.31. The Labute approximate surface area is 130 Å². The van der Waals surface area contributed by atoms with Crippen LogP contribution in [0.25, 0.3) is 0 Å². The molecule has 1 rings (SSSR count). The standard InChI is InChI=1S/C14H25N3O3S/c1-5-7-16-13(18)12-10(15)11(20-4)14(21-12)17-9(6-2)8-19-3/h9,17H,5-8,15H2,1-4H3,(H,16,18). The third-order valence-corrected chi connectivity index (χ3v) is 4.16. The molecule has 0 fully saturated rings. The lowest BCUT2D eigenvalue weighted by Crippen LogP contribution is -2.24. The molecule has 1 unspecified atom stereocenters. The Bertz CT molecular complexity index is 463. The van der Waals surface area contributed by atoms with Crippen LogP contribution in [0.4, 0.5) is 10.7 Å². The highest BCUT2D eigenvalue weighted by Crippen LogP contribution is 2.42. The first-order valence-electron chi connectivity index (χ1n) is 7.08. The molecule has 0 radical (unpaired) electrons. The molecule has 0 aliphatic rings. The normalized spacial score (nSPS) is 12.0. The molecule has 1 amide bonds. The van der Waals surface area contributed by atoms with Crippen LogP contribution in [0.15, 0.2) is 0 Å². The van der Waals surface area contributed by atoms with Gasteiger partial charge in [-0.1, -0.05) is 13.8 Å². The first-order chi connectivity index (χ1) is 10.1. The number of nitrogens with one attached hydrogen (secondary N) is 2. The first kappa shape index (κ1) is 17.6. The van der Waals surface area contributed by atoms with Gasteiger partial charge < -0.3 is 25.8 Å². The van der Waals surface area contributed by atoms with Crippen LogP contribution < -0.4 is 21.1 Å². The number of nitrogen functional groups attached to an aromatic ring is 1. The first-order valence-corrected chi connectivity index (χ1v) is 7.90. The van der Waals surface area contributed by atoms with E-state index in [4.69, 9.17) is 15.2 Å². The molecule has 1 aromatic rings. The van der Waals surface area contributed by atoms with Gasteiger partial charge in [0.05, 0.1) is 19.8 Å². The predicted octanol–water partition coefficient (Wildman–Crippen LogP) is 2.32. The minimum absolute atomic E-state index is 0.147. The molecule has 0 spiro atoms. The van der Waals surface area contributed by atoms with Crippen LogP contribution in [0.1, 0.15) is 36.4 Å². The summed E-state index contributed by atoms with van der Waals surface area (Å²) >= 11 is 1.31. The lowest BCUT2D eigenvalue weighted by Gasteiger charge is -2.16. The maximum Gasteiger partial charge on any atom is 0.263 e. The number of carbonyl (C=O) groups excluding carboxylic acids is 1. The van der Waals surface area contributed by atoms with Crippen LogP contribution in [-0.2, 0) is 4.74 Å². The van der Waals surface area contributed by atoms with Crippen molar-refractivity contribution in [2.75, 3.05) is 38.4 Å². The van der Waals surface area contributed by atoms with E-state index in [0.717, 1.165) is 17.8 Å². The van der Waals surface area contributed by atoms with Gasteiger partial charge in [-0.15, -0.1) is 11.3 Å². The summed E-state index contributed by atoms with van der Waals surface area (Å²) in [5.41, 5.74) is 6.41. The Morgan fingerprint density at radius 1 is 1.38 bits per heavy atom. The summed E-state index contributed by atoms with van der Waals surface area (Å²) in [6.45, 7) is 5.27. The van der Waals surface area contributed by atoms with E-state index in [1.165, 1.54) is 11.3 Å². The minimum Gasteiger partial charge on any atom is -0.492 e. The van der Waals surface area contributed by atoms with Crippen LogP contribution >= 0.6 is 11.3 Å². The van der Waals surface area contributed by atoms with Crippen LogP contribution in [0.3, 0.4) is 0 Å². The minimum atomic E-state index is -0.162. The smallest absolute Gasteiger partial charge is 0.263 e. The molecule has 21 heavy (non-hydrogen) atoms. The number of thiophene rings is 1. The number of methoxy groups -OCH3 is 2. The lowest BCUT2D eigenvalue weighted by molar-refractivity contribution is 0.0958. The van der Waals surface area contributed by atoms with Crippen LogP contribution in [-0.4, -0.2) is 39.3 Å². The number of carbonyl (C=O) groups is 1. The van der Waals surface area contributed by atoms with Gasteiger partial charge in [-0.25, -0.2) is 0 Å². The van der Waals surface area contributed by atoms with Crippen molar-refractivity contribution < 1.29 is 14.3 Å². The SMILES string of the molecule is CCCNC(=O)c1sc(NC(CC)COC)c(OC)c1N. The van der Waals surface area contributed by atoms with Crippen LogP contribution in [0, 0.1) is 0 Å². The number of anilines is 2. The van der Waals surface area contributed by atoms with Crippen molar-refractivity contribution in [2.24, 2.45) is 0 Å². The Morgan fingerprint density at radius 2 is 2.10 bits per heavy atom. The molecule has 120 valence electrons. The van der Waals surface area contributed by atoms with E-state index in [1.54, 1.807) is 14.2 Å². The summed E-state index contributed by atoms with van der Waals surface area (Å²) in [6, 6.07) is 0.147. The number of ether oxygens (including phenoxy) is 2. The molecule has 0 aliphatic carbocycles. The summed E-state index contributed by atoms with van der Waals surface area (Å²) in [4.78, 5) is 12.6. The third kappa shape index (κ3) is 4.50. The third-order valence-electron chi connectivity index (χ3n) is 3.04. The number of hydrogen-bond acceptors (Lipinski definition) is 6. The number of amides is 1. The van der Waals surface area contributed by atoms with Crippen molar-refractivity contribution in [3.8, 4) is 5.75 Å². The average Bonchev–Trinajstić information content (AvgIpc) is 2.80. The fraction of sp³-hybridized carbons (Fsp3) is 0.643. The Hall–Kier alpha value is -1.47. The van der Waals surface area contributed by atoms with E-state index in [0.29, 0.717) is 29.5 Å². The maximum absolute atomic E-state index is 12.1. The van der Waals surface area contributed by atoms with Gasteiger partial charge in [0.15, 0.2) is 5.75 Å². The maximum atomic E-state index is 12.1. The molecule has 6 nitrogen and oxygen atoms in total. The van der Waals surface area contributed by atoms with Gasteiger partial charge in [0.1, 0.15) is 15.6 Å². The van der Waals surface area contributed by atoms with Crippen molar-refractivity contribution in [3.05, 3.63) is 4.88 Å². The summed E-state index contributed by atoms with van der Waals surface area (Å²) < 4.78 is 10.5. The van der Waals surface area contributed by atoms with E-state index in [1.807, 2.05) is 6.92 Å². The van der Waals surface area contributed by atoms with Crippen molar-refractivity contribution in [3.63, 3.8) is 0 Å². The van der Waals surface area contributed by atoms with Crippen molar-refractivity contribution in [1.82, 2.24) is 5.32 Å². The zero-order chi connectivity index (χ0) is 15.8.